The number of para-hydroxylation sites is 1. The molecule has 4 rings (SSSR count). The summed E-state index contributed by atoms with van der Waals surface area (Å²) >= 11 is 0. The number of aliphatic carboxylic acids is 2. The average Bonchev–Trinajstić information content (AvgIpc) is 3.21. The molecule has 0 amide bonds. The highest BCUT2D eigenvalue weighted by molar-refractivity contribution is 6.45. The van der Waals surface area contributed by atoms with Crippen LogP contribution >= 0.6 is 0 Å². The molecule has 0 spiro atoms. The van der Waals surface area contributed by atoms with Crippen LogP contribution in [0.25, 0.3) is 22.3 Å². The molecule has 0 unspecified atom stereocenters. The Morgan fingerprint density at radius 3 is 1.25 bits per heavy atom. The van der Waals surface area contributed by atoms with E-state index in [1.54, 1.807) is 92.7 Å². The number of nitro benzene ring substituents is 2. The summed E-state index contributed by atoms with van der Waals surface area (Å²) in [6, 6.07) is 26.1. The van der Waals surface area contributed by atoms with Gasteiger partial charge in [0.15, 0.2) is 0 Å². The second-order valence-corrected chi connectivity index (χ2v) is 12.0. The topological polar surface area (TPSA) is 243 Å². The second kappa shape index (κ2) is 25.3. The first-order valence-corrected chi connectivity index (χ1v) is 18.0. The molecule has 0 radical (unpaired) electrons. The first-order chi connectivity index (χ1) is 26.6. The number of hydrogen-bond donors (Lipinski definition) is 4. The van der Waals surface area contributed by atoms with Gasteiger partial charge in [0.2, 0.25) is 11.6 Å². The summed E-state index contributed by atoms with van der Waals surface area (Å²) in [5.74, 6) is -1.97. The number of benzene rings is 4. The Morgan fingerprint density at radius 1 is 0.554 bits per heavy atom. The summed E-state index contributed by atoms with van der Waals surface area (Å²) in [7, 11) is 0. The molecule has 0 atom stereocenters. The lowest BCUT2D eigenvalue weighted by Crippen LogP contribution is -2.11. The van der Waals surface area contributed by atoms with E-state index in [0.29, 0.717) is 47.9 Å². The van der Waals surface area contributed by atoms with Crippen LogP contribution in [-0.4, -0.2) is 55.0 Å². The molecule has 0 heterocycles. The van der Waals surface area contributed by atoms with Crippen LogP contribution in [-0.2, 0) is 9.59 Å². The van der Waals surface area contributed by atoms with Gasteiger partial charge in [-0.2, -0.15) is 0 Å². The van der Waals surface area contributed by atoms with Crippen molar-refractivity contribution in [1.82, 2.24) is 0 Å². The van der Waals surface area contributed by atoms with E-state index in [0.717, 1.165) is 36.8 Å². The molecule has 0 aromatic heterocycles. The van der Waals surface area contributed by atoms with Crippen LogP contribution < -0.4 is 0 Å². The monoisotopic (exact) mass is 768 g/mol. The maximum Gasteiger partial charge on any atom is 0.303 e. The van der Waals surface area contributed by atoms with Crippen LogP contribution in [0.5, 0.6) is 0 Å². The highest BCUT2D eigenvalue weighted by Gasteiger charge is 2.16. The van der Waals surface area contributed by atoms with Crippen molar-refractivity contribution in [2.75, 3.05) is 0 Å². The number of hydrogen-bond acceptors (Lipinski definition) is 10. The Hall–Kier alpha value is -6.70. The van der Waals surface area contributed by atoms with Gasteiger partial charge >= 0.3 is 11.9 Å². The van der Waals surface area contributed by atoms with Gasteiger partial charge in [-0.3, -0.25) is 39.4 Å². The zero-order valence-corrected chi connectivity index (χ0v) is 31.9. The number of ketones is 2. The van der Waals surface area contributed by atoms with Gasteiger partial charge in [0.1, 0.15) is 0 Å². The number of carboxylic acids is 2. The molecule has 56 heavy (non-hydrogen) atoms. The summed E-state index contributed by atoms with van der Waals surface area (Å²) in [5, 5.41) is 52.8. The normalized spacial score (nSPS) is 9.79. The van der Waals surface area contributed by atoms with E-state index >= 15 is 0 Å². The van der Waals surface area contributed by atoms with E-state index in [-0.39, 0.29) is 34.4 Å². The lowest BCUT2D eigenvalue weighted by Gasteiger charge is -2.05. The van der Waals surface area contributed by atoms with Gasteiger partial charge in [-0.25, -0.2) is 0 Å². The molecule has 296 valence electrons. The predicted molar refractivity (Wildman–Crippen MR) is 216 cm³/mol. The van der Waals surface area contributed by atoms with Crippen LogP contribution in [0.4, 0.5) is 11.4 Å². The molecule has 0 fully saturated rings. The van der Waals surface area contributed by atoms with Crippen LogP contribution in [0.1, 0.15) is 99.8 Å². The van der Waals surface area contributed by atoms with Gasteiger partial charge < -0.3 is 21.0 Å². The number of Topliss-reactive ketones (excluding diaryl/α,β-unsaturated/α-hetero) is 2. The SMILES string of the molecule is CCC(=N)C(=O)c1ccc(-c2ccc([N+](=O)[O-])cc2)cc1.CCC(=N)C(=O)c1ccc(-c2ccccc2[N+](=O)[O-])cc1.CCCCC(=O)O.CCCCC(=O)O. The van der Waals surface area contributed by atoms with Crippen LogP contribution in [0.3, 0.4) is 0 Å². The molecule has 4 aromatic carbocycles. The fourth-order valence-corrected chi connectivity index (χ4v) is 4.59. The fraction of sp³-hybridized carbons (Fsp3) is 0.286. The maximum atomic E-state index is 11.9. The van der Waals surface area contributed by atoms with Crippen LogP contribution in [0.15, 0.2) is 97.1 Å². The number of nitrogens with zero attached hydrogens (tertiary/aromatic N) is 2. The second-order valence-electron chi connectivity index (χ2n) is 12.0. The van der Waals surface area contributed by atoms with Crippen molar-refractivity contribution in [1.29, 1.82) is 10.8 Å². The summed E-state index contributed by atoms with van der Waals surface area (Å²) in [4.78, 5) is 64.0. The van der Waals surface area contributed by atoms with Crippen molar-refractivity contribution in [2.24, 2.45) is 0 Å². The molecule has 0 saturated carbocycles. The Balaban J connectivity index is 0.000000421. The first-order valence-electron chi connectivity index (χ1n) is 18.0. The predicted octanol–water partition coefficient (Wildman–Crippen LogP) is 10.3. The quantitative estimate of drug-likeness (QED) is 0.0363. The van der Waals surface area contributed by atoms with E-state index < -0.39 is 21.8 Å². The van der Waals surface area contributed by atoms with E-state index in [1.807, 2.05) is 13.8 Å². The minimum atomic E-state index is -0.693. The smallest absolute Gasteiger partial charge is 0.303 e. The largest absolute Gasteiger partial charge is 0.481 e. The number of carboxylic acid groups (broad SMARTS) is 2. The molecule has 14 nitrogen and oxygen atoms in total. The van der Waals surface area contributed by atoms with Gasteiger partial charge in [0.25, 0.3) is 11.4 Å². The Morgan fingerprint density at radius 2 is 0.929 bits per heavy atom. The van der Waals surface area contributed by atoms with Crippen molar-refractivity contribution in [2.45, 2.75) is 79.1 Å². The minimum absolute atomic E-state index is 0.0258. The zero-order chi connectivity index (χ0) is 42.2. The number of nitrogens with one attached hydrogen (secondary N) is 2. The van der Waals surface area contributed by atoms with Crippen LogP contribution in [0.2, 0.25) is 0 Å². The third-order valence-electron chi connectivity index (χ3n) is 7.86. The van der Waals surface area contributed by atoms with Crippen LogP contribution in [0, 0.1) is 31.0 Å². The number of nitro groups is 2. The Bertz CT molecular complexity index is 1940. The molecular formula is C42H48N4O10. The van der Waals surface area contributed by atoms with Gasteiger partial charge in [0.05, 0.1) is 26.8 Å². The summed E-state index contributed by atoms with van der Waals surface area (Å²) < 4.78 is 0. The third kappa shape index (κ3) is 16.5. The maximum absolute atomic E-state index is 11.9. The highest BCUT2D eigenvalue weighted by Crippen LogP contribution is 2.29. The molecule has 0 bridgehead atoms. The van der Waals surface area contributed by atoms with Gasteiger partial charge in [0, 0.05) is 42.2 Å². The minimum Gasteiger partial charge on any atom is -0.481 e. The zero-order valence-electron chi connectivity index (χ0n) is 31.9. The molecule has 0 aliphatic heterocycles. The van der Waals surface area contributed by atoms with Crippen molar-refractivity contribution in [3.63, 3.8) is 0 Å². The lowest BCUT2D eigenvalue weighted by atomic mass is 9.99. The standard InChI is InChI=1S/2C16H14N2O3.2C5H10O2/c1-2-15(17)16(19)13-5-3-11(4-6-13)12-7-9-14(10-8-12)18(20)21;1-2-14(17)16(19)12-9-7-11(8-10-12)13-5-3-4-6-15(13)18(20)21;2*1-2-3-4-5(6)7/h2*3-10,17H,2H2,1H3;2*2-4H2,1H3,(H,6,7). The summed E-state index contributed by atoms with van der Waals surface area (Å²) in [5.41, 5.74) is 3.98. The van der Waals surface area contributed by atoms with Crippen molar-refractivity contribution < 1.29 is 39.2 Å². The van der Waals surface area contributed by atoms with Crippen molar-refractivity contribution in [3.8, 4) is 22.3 Å². The molecule has 4 aromatic rings. The number of unbranched alkanes of at least 4 members (excludes halogenated alkanes) is 2. The van der Waals surface area contributed by atoms with E-state index in [2.05, 4.69) is 0 Å². The van der Waals surface area contributed by atoms with E-state index in [1.165, 1.54) is 18.2 Å². The number of carbonyl (C=O) groups is 4. The van der Waals surface area contributed by atoms with E-state index in [4.69, 9.17) is 21.0 Å². The molecule has 0 saturated heterocycles. The molecule has 0 aliphatic carbocycles. The third-order valence-corrected chi connectivity index (χ3v) is 7.86. The molecule has 0 aliphatic rings. The van der Waals surface area contributed by atoms with Gasteiger partial charge in [-0.15, -0.1) is 0 Å². The number of rotatable bonds is 16. The summed E-state index contributed by atoms with van der Waals surface area (Å²) in [6.07, 6.45) is 4.95. The highest BCUT2D eigenvalue weighted by atomic mass is 16.6. The Kier molecular flexibility index (Phi) is 21.4. The van der Waals surface area contributed by atoms with Gasteiger partial charge in [-0.05, 0) is 60.6 Å². The fourth-order valence-electron chi connectivity index (χ4n) is 4.59. The molecule has 4 N–H and O–H groups in total. The summed E-state index contributed by atoms with van der Waals surface area (Å²) in [6.45, 7) is 7.47. The van der Waals surface area contributed by atoms with Gasteiger partial charge in [-0.1, -0.05) is 101 Å². The molecular weight excluding hydrogens is 720 g/mol. The number of non-ortho nitro benzene ring substituents is 1. The molecule has 14 heteroatoms. The van der Waals surface area contributed by atoms with Crippen molar-refractivity contribution in [3.05, 3.63) is 128 Å². The Labute approximate surface area is 325 Å². The van der Waals surface area contributed by atoms with Crippen molar-refractivity contribution >= 4 is 46.3 Å². The lowest BCUT2D eigenvalue weighted by molar-refractivity contribution is -0.384. The average molecular weight is 769 g/mol. The first kappa shape index (κ1) is 47.3. The number of carbonyl (C=O) groups excluding carboxylic acids is 2. The van der Waals surface area contributed by atoms with E-state index in [9.17, 15) is 39.4 Å².